The number of rotatable bonds is 7. The molecule has 2 aromatic rings. The Balaban J connectivity index is 1.83. The first-order valence-corrected chi connectivity index (χ1v) is 10.9. The first-order chi connectivity index (χ1) is 14.3. The molecule has 1 N–H and O–H groups in total. The predicted octanol–water partition coefficient (Wildman–Crippen LogP) is 4.99. The quantitative estimate of drug-likeness (QED) is 0.233. The highest BCUT2D eigenvalue weighted by atomic mass is 127. The number of hydrogen-bond donors (Lipinski definition) is 1. The fourth-order valence-corrected chi connectivity index (χ4v) is 3.77. The zero-order valence-corrected chi connectivity index (χ0v) is 19.4. The minimum absolute atomic E-state index is 0.00176. The van der Waals surface area contributed by atoms with Gasteiger partial charge in [0.25, 0.3) is 11.8 Å². The Morgan fingerprint density at radius 1 is 1.17 bits per heavy atom. The van der Waals surface area contributed by atoms with E-state index in [-0.39, 0.29) is 22.0 Å². The number of unbranched alkanes of at least 4 members (excludes halogenated alkanes) is 1. The van der Waals surface area contributed by atoms with E-state index >= 15 is 0 Å². The molecule has 30 heavy (non-hydrogen) atoms. The van der Waals surface area contributed by atoms with Crippen molar-refractivity contribution in [3.63, 3.8) is 0 Å². The molecule has 0 aromatic heterocycles. The smallest absolute Gasteiger partial charge is 0.338 e. The predicted molar refractivity (Wildman–Crippen MR) is 125 cm³/mol. The zero-order valence-electron chi connectivity index (χ0n) is 16.5. The maximum atomic E-state index is 13.0. The molecular formula is C22H20ClIN2O4. The van der Waals surface area contributed by atoms with E-state index in [0.717, 1.165) is 26.9 Å². The number of carbonyl (C=O) groups is 3. The molecular weight excluding hydrogens is 519 g/mol. The number of anilines is 2. The standard InChI is InChI=1S/C22H20ClIN2O4/c1-3-4-10-30-22(29)14-6-5-7-16(12-14)26-20(27)18(23)19(21(26)28)25-17-9-8-15(24)11-13(17)2/h5-9,11-12,25H,3-4,10H2,1-2H3. The van der Waals surface area contributed by atoms with E-state index in [1.54, 1.807) is 18.2 Å². The van der Waals surface area contributed by atoms with E-state index < -0.39 is 17.8 Å². The SMILES string of the molecule is CCCCOC(=O)c1cccc(N2C(=O)C(Cl)=C(Nc3ccc(I)cc3C)C2=O)c1. The topological polar surface area (TPSA) is 75.7 Å². The maximum absolute atomic E-state index is 13.0. The van der Waals surface area contributed by atoms with E-state index in [9.17, 15) is 14.4 Å². The van der Waals surface area contributed by atoms with Gasteiger partial charge in [0, 0.05) is 9.26 Å². The Morgan fingerprint density at radius 2 is 1.93 bits per heavy atom. The molecule has 1 aliphatic rings. The van der Waals surface area contributed by atoms with Gasteiger partial charge in [-0.2, -0.15) is 0 Å². The number of nitrogens with zero attached hydrogens (tertiary/aromatic N) is 1. The van der Waals surface area contributed by atoms with Crippen LogP contribution in [0.3, 0.4) is 0 Å². The lowest BCUT2D eigenvalue weighted by atomic mass is 10.2. The van der Waals surface area contributed by atoms with E-state index in [0.29, 0.717) is 12.3 Å². The summed E-state index contributed by atoms with van der Waals surface area (Å²) in [6, 6.07) is 11.8. The molecule has 0 fully saturated rings. The van der Waals surface area contributed by atoms with Crippen LogP contribution in [-0.2, 0) is 14.3 Å². The average Bonchev–Trinajstić information content (AvgIpc) is 2.93. The summed E-state index contributed by atoms with van der Waals surface area (Å²) >= 11 is 8.40. The van der Waals surface area contributed by atoms with Crippen LogP contribution in [0.2, 0.25) is 0 Å². The molecule has 0 unspecified atom stereocenters. The first-order valence-electron chi connectivity index (χ1n) is 9.42. The summed E-state index contributed by atoms with van der Waals surface area (Å²) in [7, 11) is 0. The van der Waals surface area contributed by atoms with Crippen molar-refractivity contribution in [2.45, 2.75) is 26.7 Å². The summed E-state index contributed by atoms with van der Waals surface area (Å²) in [4.78, 5) is 38.9. The molecule has 6 nitrogen and oxygen atoms in total. The molecule has 0 bridgehead atoms. The van der Waals surface area contributed by atoms with Gasteiger partial charge in [-0.3, -0.25) is 9.59 Å². The summed E-state index contributed by atoms with van der Waals surface area (Å²) in [5.41, 5.74) is 2.11. The van der Waals surface area contributed by atoms with Crippen LogP contribution >= 0.6 is 34.2 Å². The molecule has 0 radical (unpaired) electrons. The Bertz CT molecular complexity index is 1050. The summed E-state index contributed by atoms with van der Waals surface area (Å²) in [6.07, 6.45) is 1.67. The van der Waals surface area contributed by atoms with E-state index in [1.807, 2.05) is 32.0 Å². The van der Waals surface area contributed by atoms with Gasteiger partial charge in [0.15, 0.2) is 0 Å². The van der Waals surface area contributed by atoms with E-state index in [4.69, 9.17) is 16.3 Å². The fraction of sp³-hybridized carbons (Fsp3) is 0.227. The Labute approximate surface area is 193 Å². The van der Waals surface area contributed by atoms with Crippen LogP contribution in [0.25, 0.3) is 0 Å². The van der Waals surface area contributed by atoms with Crippen molar-refractivity contribution in [1.29, 1.82) is 0 Å². The lowest BCUT2D eigenvalue weighted by Gasteiger charge is -2.16. The highest BCUT2D eigenvalue weighted by Gasteiger charge is 2.39. The number of ether oxygens (including phenoxy) is 1. The molecule has 2 aromatic carbocycles. The normalized spacial score (nSPS) is 13.8. The molecule has 0 aliphatic carbocycles. The minimum Gasteiger partial charge on any atom is -0.462 e. The number of aryl methyl sites for hydroxylation is 1. The summed E-state index contributed by atoms with van der Waals surface area (Å²) in [5, 5.41) is 2.78. The molecule has 0 saturated heterocycles. The summed E-state index contributed by atoms with van der Waals surface area (Å²) < 4.78 is 6.26. The van der Waals surface area contributed by atoms with Gasteiger partial charge in [0.1, 0.15) is 10.7 Å². The maximum Gasteiger partial charge on any atom is 0.338 e. The van der Waals surface area contributed by atoms with Crippen LogP contribution in [-0.4, -0.2) is 24.4 Å². The second-order valence-electron chi connectivity index (χ2n) is 6.76. The fourth-order valence-electron chi connectivity index (χ4n) is 2.91. The van der Waals surface area contributed by atoms with Crippen molar-refractivity contribution in [2.24, 2.45) is 0 Å². The number of hydrogen-bond acceptors (Lipinski definition) is 5. The highest BCUT2D eigenvalue weighted by Crippen LogP contribution is 2.31. The van der Waals surface area contributed by atoms with Crippen molar-refractivity contribution >= 4 is 63.4 Å². The van der Waals surface area contributed by atoms with Crippen molar-refractivity contribution in [3.05, 3.63) is 67.9 Å². The molecule has 1 aliphatic heterocycles. The molecule has 2 amide bonds. The first kappa shape index (κ1) is 22.3. The van der Waals surface area contributed by atoms with Gasteiger partial charge in [0.05, 0.1) is 17.9 Å². The molecule has 8 heteroatoms. The second kappa shape index (κ2) is 9.61. The summed E-state index contributed by atoms with van der Waals surface area (Å²) in [6.45, 7) is 4.21. The van der Waals surface area contributed by atoms with Gasteiger partial charge in [0.2, 0.25) is 0 Å². The monoisotopic (exact) mass is 538 g/mol. The van der Waals surface area contributed by atoms with E-state index in [2.05, 4.69) is 27.9 Å². The number of nitrogens with one attached hydrogen (secondary N) is 1. The van der Waals surface area contributed by atoms with Crippen LogP contribution in [0.5, 0.6) is 0 Å². The van der Waals surface area contributed by atoms with Crippen LogP contribution in [0.4, 0.5) is 11.4 Å². The summed E-state index contributed by atoms with van der Waals surface area (Å²) in [5.74, 6) is -1.74. The molecule has 1 heterocycles. The average molecular weight is 539 g/mol. The molecule has 0 saturated carbocycles. The van der Waals surface area contributed by atoms with Crippen LogP contribution in [0.1, 0.15) is 35.7 Å². The van der Waals surface area contributed by atoms with Crippen LogP contribution in [0, 0.1) is 10.5 Å². The number of carbonyl (C=O) groups excluding carboxylic acids is 3. The van der Waals surface area contributed by atoms with Gasteiger partial charge < -0.3 is 10.1 Å². The number of amides is 2. The van der Waals surface area contributed by atoms with Gasteiger partial charge >= 0.3 is 5.97 Å². The Morgan fingerprint density at radius 3 is 2.63 bits per heavy atom. The number of benzene rings is 2. The van der Waals surface area contributed by atoms with Crippen LogP contribution in [0.15, 0.2) is 53.2 Å². The third-order valence-corrected chi connectivity index (χ3v) is 5.57. The molecule has 0 atom stereocenters. The molecule has 0 spiro atoms. The number of imide groups is 1. The van der Waals surface area contributed by atoms with Gasteiger partial charge in [-0.15, -0.1) is 0 Å². The Kier molecular flexibility index (Phi) is 7.14. The van der Waals surface area contributed by atoms with Gasteiger partial charge in [-0.25, -0.2) is 9.69 Å². The largest absolute Gasteiger partial charge is 0.462 e. The zero-order chi connectivity index (χ0) is 21.8. The van der Waals surface area contributed by atoms with Crippen molar-refractivity contribution < 1.29 is 19.1 Å². The number of esters is 1. The second-order valence-corrected chi connectivity index (χ2v) is 8.38. The molecule has 3 rings (SSSR count). The highest BCUT2D eigenvalue weighted by molar-refractivity contribution is 14.1. The number of halogens is 2. The molecule has 156 valence electrons. The van der Waals surface area contributed by atoms with Crippen molar-refractivity contribution in [1.82, 2.24) is 0 Å². The third kappa shape index (κ3) is 4.67. The Hall–Kier alpha value is -2.39. The van der Waals surface area contributed by atoms with Gasteiger partial charge in [-0.1, -0.05) is 31.0 Å². The van der Waals surface area contributed by atoms with Crippen molar-refractivity contribution in [2.75, 3.05) is 16.8 Å². The van der Waals surface area contributed by atoms with Crippen molar-refractivity contribution in [3.8, 4) is 0 Å². The lowest BCUT2D eigenvalue weighted by Crippen LogP contribution is -2.32. The minimum atomic E-state index is -0.649. The lowest BCUT2D eigenvalue weighted by molar-refractivity contribution is -0.120. The van der Waals surface area contributed by atoms with Crippen LogP contribution < -0.4 is 10.2 Å². The van der Waals surface area contributed by atoms with Gasteiger partial charge in [-0.05, 0) is 77.9 Å². The third-order valence-electron chi connectivity index (χ3n) is 4.55. The van der Waals surface area contributed by atoms with E-state index in [1.165, 1.54) is 6.07 Å².